The van der Waals surface area contributed by atoms with Crippen molar-refractivity contribution >= 4 is 29.0 Å². The number of anilines is 2. The fourth-order valence-electron chi connectivity index (χ4n) is 3.26. The van der Waals surface area contributed by atoms with E-state index in [2.05, 4.69) is 10.6 Å². The third kappa shape index (κ3) is 6.29. The first kappa shape index (κ1) is 25.1. The number of hydrogen-bond donors (Lipinski definition) is 2. The average molecular weight is 479 g/mol. The zero-order valence-corrected chi connectivity index (χ0v) is 19.8. The lowest BCUT2D eigenvalue weighted by Gasteiger charge is -2.15. The average Bonchev–Trinajstić information content (AvgIpc) is 2.87. The molecular formula is C26H26N2O7. The van der Waals surface area contributed by atoms with Crippen LogP contribution in [0.3, 0.4) is 0 Å². The van der Waals surface area contributed by atoms with Gasteiger partial charge in [0, 0.05) is 29.1 Å². The van der Waals surface area contributed by atoms with Gasteiger partial charge in [-0.3, -0.25) is 14.4 Å². The lowest BCUT2D eigenvalue weighted by atomic mass is 10.1. The summed E-state index contributed by atoms with van der Waals surface area (Å²) in [5.41, 5.74) is 1.73. The molecule has 3 rings (SSSR count). The first-order valence-corrected chi connectivity index (χ1v) is 10.6. The maximum Gasteiger partial charge on any atom is 0.262 e. The van der Waals surface area contributed by atoms with E-state index in [9.17, 15) is 14.4 Å². The van der Waals surface area contributed by atoms with Crippen molar-refractivity contribution in [3.05, 3.63) is 71.8 Å². The number of hydrogen-bond acceptors (Lipinski definition) is 7. The third-order valence-electron chi connectivity index (χ3n) is 4.99. The van der Waals surface area contributed by atoms with E-state index in [4.69, 9.17) is 18.9 Å². The number of Topliss-reactive ketones (excluding diaryl/α,β-unsaturated/α-hetero) is 1. The minimum atomic E-state index is -0.449. The molecule has 0 unspecified atom stereocenters. The van der Waals surface area contributed by atoms with Crippen LogP contribution in [0.25, 0.3) is 0 Å². The van der Waals surface area contributed by atoms with E-state index < -0.39 is 11.8 Å². The molecule has 0 bridgehead atoms. The number of ketones is 1. The van der Waals surface area contributed by atoms with Crippen LogP contribution in [0.2, 0.25) is 0 Å². The number of rotatable bonds is 10. The number of benzene rings is 3. The molecule has 0 aromatic heterocycles. The summed E-state index contributed by atoms with van der Waals surface area (Å²) in [5, 5.41) is 5.47. The monoisotopic (exact) mass is 478 g/mol. The molecule has 182 valence electrons. The molecule has 35 heavy (non-hydrogen) atoms. The van der Waals surface area contributed by atoms with Crippen LogP contribution < -0.4 is 29.6 Å². The molecule has 0 atom stereocenters. The molecule has 0 saturated carbocycles. The van der Waals surface area contributed by atoms with Gasteiger partial charge in [0.05, 0.1) is 26.9 Å². The Balaban J connectivity index is 1.69. The Morgan fingerprint density at radius 2 is 1.37 bits per heavy atom. The van der Waals surface area contributed by atoms with Crippen LogP contribution in [0.5, 0.6) is 23.0 Å². The number of nitrogens with one attached hydrogen (secondary N) is 2. The molecule has 0 aliphatic carbocycles. The molecule has 0 spiro atoms. The molecular weight excluding hydrogens is 452 g/mol. The van der Waals surface area contributed by atoms with Gasteiger partial charge in [0.1, 0.15) is 5.75 Å². The normalized spacial score (nSPS) is 10.2. The molecule has 0 aliphatic heterocycles. The number of carbonyl (C=O) groups is 3. The predicted octanol–water partition coefficient (Wildman–Crippen LogP) is 4.18. The topological polar surface area (TPSA) is 112 Å². The Hall–Kier alpha value is -4.53. The molecule has 0 heterocycles. The zero-order chi connectivity index (χ0) is 25.4. The zero-order valence-electron chi connectivity index (χ0n) is 19.8. The van der Waals surface area contributed by atoms with Crippen LogP contribution in [0.1, 0.15) is 27.6 Å². The summed E-state index contributed by atoms with van der Waals surface area (Å²) in [4.78, 5) is 36.7. The van der Waals surface area contributed by atoms with Gasteiger partial charge in [0.2, 0.25) is 5.75 Å². The molecule has 2 N–H and O–H groups in total. The van der Waals surface area contributed by atoms with Crippen molar-refractivity contribution in [1.29, 1.82) is 0 Å². The van der Waals surface area contributed by atoms with Crippen LogP contribution in [0.15, 0.2) is 60.7 Å². The quantitative estimate of drug-likeness (QED) is 0.420. The van der Waals surface area contributed by atoms with Crippen LogP contribution in [0, 0.1) is 0 Å². The maximum atomic E-state index is 13.0. The van der Waals surface area contributed by atoms with Crippen molar-refractivity contribution < 1.29 is 33.3 Å². The second-order valence-corrected chi connectivity index (χ2v) is 7.33. The van der Waals surface area contributed by atoms with Crippen molar-refractivity contribution in [1.82, 2.24) is 0 Å². The molecule has 3 aromatic carbocycles. The highest BCUT2D eigenvalue weighted by Crippen LogP contribution is 2.40. The highest BCUT2D eigenvalue weighted by atomic mass is 16.5. The molecule has 0 aliphatic rings. The van der Waals surface area contributed by atoms with Crippen LogP contribution in [-0.2, 0) is 4.79 Å². The fourth-order valence-corrected chi connectivity index (χ4v) is 3.26. The van der Waals surface area contributed by atoms with E-state index in [0.717, 1.165) is 0 Å². The van der Waals surface area contributed by atoms with Crippen LogP contribution in [-0.4, -0.2) is 45.5 Å². The summed E-state index contributed by atoms with van der Waals surface area (Å²) in [5.74, 6) is 0.487. The van der Waals surface area contributed by atoms with Crippen molar-refractivity contribution in [2.24, 2.45) is 0 Å². The summed E-state index contributed by atoms with van der Waals surface area (Å²) in [6.07, 6.45) is 0. The van der Waals surface area contributed by atoms with Gasteiger partial charge >= 0.3 is 0 Å². The van der Waals surface area contributed by atoms with Gasteiger partial charge in [0.25, 0.3) is 11.8 Å². The standard InChI is InChI=1S/C26H26N2O7/c1-16(29)17-9-11-18(12-10-17)27-24(30)15-35-21-8-6-5-7-20(21)26(31)28-19-13-22(32-2)25(34-4)23(14-19)33-3/h5-14H,15H2,1-4H3,(H,27,30)(H,28,31). The molecule has 0 fully saturated rings. The van der Waals surface area contributed by atoms with Gasteiger partial charge in [0.15, 0.2) is 23.9 Å². The Morgan fingerprint density at radius 3 is 1.94 bits per heavy atom. The lowest BCUT2D eigenvalue weighted by molar-refractivity contribution is -0.118. The van der Waals surface area contributed by atoms with Gasteiger partial charge < -0.3 is 29.6 Å². The largest absolute Gasteiger partial charge is 0.493 e. The minimum absolute atomic E-state index is 0.0624. The van der Waals surface area contributed by atoms with E-state index in [-0.39, 0.29) is 23.7 Å². The summed E-state index contributed by atoms with van der Waals surface area (Å²) in [6, 6.07) is 16.3. The summed E-state index contributed by atoms with van der Waals surface area (Å²) in [6.45, 7) is 1.15. The van der Waals surface area contributed by atoms with E-state index in [0.29, 0.717) is 34.2 Å². The summed E-state index contributed by atoms with van der Waals surface area (Å²) >= 11 is 0. The predicted molar refractivity (Wildman–Crippen MR) is 131 cm³/mol. The van der Waals surface area contributed by atoms with E-state index in [1.807, 2.05) is 0 Å². The van der Waals surface area contributed by atoms with Crippen molar-refractivity contribution in [2.45, 2.75) is 6.92 Å². The molecule has 0 radical (unpaired) electrons. The van der Waals surface area contributed by atoms with Gasteiger partial charge in [-0.2, -0.15) is 0 Å². The number of ether oxygens (including phenoxy) is 4. The minimum Gasteiger partial charge on any atom is -0.493 e. The van der Waals surface area contributed by atoms with Crippen molar-refractivity contribution in [3.8, 4) is 23.0 Å². The number of para-hydroxylation sites is 1. The summed E-state index contributed by atoms with van der Waals surface area (Å²) < 4.78 is 21.6. The van der Waals surface area contributed by atoms with Crippen LogP contribution >= 0.6 is 0 Å². The molecule has 2 amide bonds. The van der Waals surface area contributed by atoms with Crippen molar-refractivity contribution in [3.63, 3.8) is 0 Å². The van der Waals surface area contributed by atoms with E-state index >= 15 is 0 Å². The number of methoxy groups -OCH3 is 3. The smallest absolute Gasteiger partial charge is 0.262 e. The van der Waals surface area contributed by atoms with E-state index in [1.54, 1.807) is 60.7 Å². The highest BCUT2D eigenvalue weighted by Gasteiger charge is 2.17. The first-order valence-electron chi connectivity index (χ1n) is 10.6. The Labute approximate surface area is 203 Å². The Kier molecular flexibility index (Phi) is 8.29. The third-order valence-corrected chi connectivity index (χ3v) is 4.99. The van der Waals surface area contributed by atoms with E-state index in [1.165, 1.54) is 28.3 Å². The Bertz CT molecular complexity index is 1200. The first-order chi connectivity index (χ1) is 16.9. The number of amides is 2. The van der Waals surface area contributed by atoms with Crippen LogP contribution in [0.4, 0.5) is 11.4 Å². The Morgan fingerprint density at radius 1 is 0.743 bits per heavy atom. The fraction of sp³-hybridized carbons (Fsp3) is 0.192. The number of carbonyl (C=O) groups excluding carboxylic acids is 3. The van der Waals surface area contributed by atoms with Gasteiger partial charge in [-0.15, -0.1) is 0 Å². The lowest BCUT2D eigenvalue weighted by Crippen LogP contribution is -2.21. The molecule has 3 aromatic rings. The highest BCUT2D eigenvalue weighted by molar-refractivity contribution is 6.06. The molecule has 9 nitrogen and oxygen atoms in total. The second kappa shape index (κ2) is 11.6. The SMILES string of the molecule is COc1cc(NC(=O)c2ccccc2OCC(=O)Nc2ccc(C(C)=O)cc2)cc(OC)c1OC. The van der Waals surface area contributed by atoms with Gasteiger partial charge in [-0.25, -0.2) is 0 Å². The summed E-state index contributed by atoms with van der Waals surface area (Å²) in [7, 11) is 4.45. The van der Waals surface area contributed by atoms with Gasteiger partial charge in [-0.05, 0) is 43.3 Å². The maximum absolute atomic E-state index is 13.0. The van der Waals surface area contributed by atoms with Gasteiger partial charge in [-0.1, -0.05) is 12.1 Å². The van der Waals surface area contributed by atoms with Crippen molar-refractivity contribution in [2.75, 3.05) is 38.6 Å². The molecule has 9 heteroatoms. The second-order valence-electron chi connectivity index (χ2n) is 7.33. The molecule has 0 saturated heterocycles.